The van der Waals surface area contributed by atoms with Crippen molar-refractivity contribution in [3.05, 3.63) is 60.2 Å². The zero-order valence-electron chi connectivity index (χ0n) is 13.6. The van der Waals surface area contributed by atoms with Crippen molar-refractivity contribution < 1.29 is 14.1 Å². The number of nitrogens with one attached hydrogen (secondary N) is 2. The van der Waals surface area contributed by atoms with Gasteiger partial charge in [-0.3, -0.25) is 4.21 Å². The molecular formula is C18H22N2O3S. The van der Waals surface area contributed by atoms with Gasteiger partial charge in [-0.15, -0.1) is 0 Å². The number of amides is 2. The van der Waals surface area contributed by atoms with Gasteiger partial charge in [0, 0.05) is 46.7 Å². The Morgan fingerprint density at radius 3 is 2.38 bits per heavy atom. The van der Waals surface area contributed by atoms with Gasteiger partial charge >= 0.3 is 6.03 Å². The molecule has 0 saturated carbocycles. The van der Waals surface area contributed by atoms with Crippen molar-refractivity contribution in [2.45, 2.75) is 17.2 Å². The summed E-state index contributed by atoms with van der Waals surface area (Å²) in [7, 11) is -1.04. The first-order valence-electron chi connectivity index (χ1n) is 7.74. The molecule has 24 heavy (non-hydrogen) atoms. The molecule has 2 amide bonds. The third kappa shape index (κ3) is 5.47. The standard InChI is InChI=1S/C18H22N2O3S/c1-24(23)17-9-7-16(8-10-17)20-18(22)19-13-15(11-12-21)14-5-3-2-4-6-14/h2-10,15,21H,11-13H2,1H3,(H2,19,20,22). The van der Waals surface area contributed by atoms with Crippen LogP contribution in [0.2, 0.25) is 0 Å². The first kappa shape index (κ1) is 18.2. The van der Waals surface area contributed by atoms with Crippen molar-refractivity contribution >= 4 is 22.5 Å². The molecule has 3 N–H and O–H groups in total. The van der Waals surface area contributed by atoms with E-state index in [-0.39, 0.29) is 18.6 Å². The molecular weight excluding hydrogens is 324 g/mol. The number of rotatable bonds is 7. The smallest absolute Gasteiger partial charge is 0.319 e. The van der Waals surface area contributed by atoms with Crippen molar-refractivity contribution in [2.75, 3.05) is 24.7 Å². The highest BCUT2D eigenvalue weighted by molar-refractivity contribution is 7.84. The van der Waals surface area contributed by atoms with Crippen LogP contribution < -0.4 is 10.6 Å². The highest BCUT2D eigenvalue weighted by Crippen LogP contribution is 2.18. The fourth-order valence-corrected chi connectivity index (χ4v) is 2.91. The van der Waals surface area contributed by atoms with Gasteiger partial charge in [0.15, 0.2) is 0 Å². The normalized spacial score (nSPS) is 13.1. The van der Waals surface area contributed by atoms with E-state index in [1.807, 2.05) is 30.3 Å². The number of hydrogen-bond donors (Lipinski definition) is 3. The fraction of sp³-hybridized carbons (Fsp3) is 0.278. The fourth-order valence-electron chi connectivity index (χ4n) is 2.39. The van der Waals surface area contributed by atoms with Crippen molar-refractivity contribution in [1.82, 2.24) is 5.32 Å². The Labute approximate surface area is 144 Å². The van der Waals surface area contributed by atoms with Gasteiger partial charge in [-0.05, 0) is 36.2 Å². The molecule has 2 aromatic carbocycles. The molecule has 0 fully saturated rings. The van der Waals surface area contributed by atoms with Crippen LogP contribution in [0.4, 0.5) is 10.5 Å². The first-order chi connectivity index (χ1) is 11.6. The van der Waals surface area contributed by atoms with Crippen LogP contribution in [0.25, 0.3) is 0 Å². The summed E-state index contributed by atoms with van der Waals surface area (Å²) in [6.45, 7) is 0.506. The van der Waals surface area contributed by atoms with Crippen molar-refractivity contribution in [1.29, 1.82) is 0 Å². The lowest BCUT2D eigenvalue weighted by Crippen LogP contribution is -2.32. The van der Waals surface area contributed by atoms with Gasteiger partial charge in [-0.1, -0.05) is 30.3 Å². The van der Waals surface area contributed by atoms with Gasteiger partial charge in [0.25, 0.3) is 0 Å². The van der Waals surface area contributed by atoms with Gasteiger partial charge in [-0.2, -0.15) is 0 Å². The van der Waals surface area contributed by atoms with Crippen LogP contribution >= 0.6 is 0 Å². The summed E-state index contributed by atoms with van der Waals surface area (Å²) in [6.07, 6.45) is 2.20. The summed E-state index contributed by atoms with van der Waals surface area (Å²) in [5.74, 6) is 0.0619. The van der Waals surface area contributed by atoms with Crippen molar-refractivity contribution in [3.8, 4) is 0 Å². The van der Waals surface area contributed by atoms with Crippen LogP contribution in [-0.4, -0.2) is 34.8 Å². The Morgan fingerprint density at radius 2 is 1.79 bits per heavy atom. The number of carbonyl (C=O) groups is 1. The number of anilines is 1. The summed E-state index contributed by atoms with van der Waals surface area (Å²) in [5.41, 5.74) is 1.72. The van der Waals surface area contributed by atoms with Gasteiger partial charge in [0.2, 0.25) is 0 Å². The molecule has 0 spiro atoms. The third-order valence-corrected chi connectivity index (χ3v) is 4.64. The maximum Gasteiger partial charge on any atom is 0.319 e. The molecule has 0 heterocycles. The second kappa shape index (κ2) is 9.20. The van der Waals surface area contributed by atoms with E-state index in [1.165, 1.54) is 0 Å². The average molecular weight is 346 g/mol. The molecule has 2 aromatic rings. The lowest BCUT2D eigenvalue weighted by molar-refractivity contribution is 0.248. The maximum atomic E-state index is 12.0. The van der Waals surface area contributed by atoms with Gasteiger partial charge in [0.1, 0.15) is 0 Å². The molecule has 128 valence electrons. The number of urea groups is 1. The minimum Gasteiger partial charge on any atom is -0.396 e. The number of benzene rings is 2. The predicted molar refractivity (Wildman–Crippen MR) is 96.7 cm³/mol. The van der Waals surface area contributed by atoms with Crippen molar-refractivity contribution in [2.24, 2.45) is 0 Å². The number of aliphatic hydroxyl groups excluding tert-OH is 1. The zero-order valence-corrected chi connectivity index (χ0v) is 14.4. The van der Waals surface area contributed by atoms with Crippen LogP contribution in [0.15, 0.2) is 59.5 Å². The van der Waals surface area contributed by atoms with Crippen LogP contribution in [0, 0.1) is 0 Å². The lowest BCUT2D eigenvalue weighted by Gasteiger charge is -2.17. The predicted octanol–water partition coefficient (Wildman–Crippen LogP) is 2.71. The van der Waals surface area contributed by atoms with Crippen LogP contribution in [0.5, 0.6) is 0 Å². The van der Waals surface area contributed by atoms with E-state index in [0.717, 1.165) is 5.56 Å². The second-order valence-electron chi connectivity index (χ2n) is 5.43. The number of carbonyl (C=O) groups excluding carboxylic acids is 1. The van der Waals surface area contributed by atoms with Crippen LogP contribution in [-0.2, 0) is 10.8 Å². The first-order valence-corrected chi connectivity index (χ1v) is 9.30. The maximum absolute atomic E-state index is 12.0. The number of hydrogen-bond acceptors (Lipinski definition) is 3. The quantitative estimate of drug-likeness (QED) is 0.721. The highest BCUT2D eigenvalue weighted by atomic mass is 32.2. The van der Waals surface area contributed by atoms with Gasteiger partial charge in [0.05, 0.1) is 0 Å². The minimum absolute atomic E-state index is 0.0619. The molecule has 0 saturated heterocycles. The highest BCUT2D eigenvalue weighted by Gasteiger charge is 2.12. The Kier molecular flexibility index (Phi) is 6.96. The Balaban J connectivity index is 1.90. The molecule has 5 nitrogen and oxygen atoms in total. The van der Waals surface area contributed by atoms with E-state index in [2.05, 4.69) is 10.6 Å². The van der Waals surface area contributed by atoms with Gasteiger partial charge in [-0.25, -0.2) is 4.79 Å². The molecule has 2 unspecified atom stereocenters. The van der Waals surface area contributed by atoms with E-state index < -0.39 is 10.8 Å². The summed E-state index contributed by atoms with van der Waals surface area (Å²) in [6, 6.07) is 16.4. The topological polar surface area (TPSA) is 78.4 Å². The van der Waals surface area contributed by atoms with Crippen LogP contribution in [0.3, 0.4) is 0 Å². The van der Waals surface area contributed by atoms with E-state index in [0.29, 0.717) is 23.5 Å². The van der Waals surface area contributed by atoms with Crippen LogP contribution in [0.1, 0.15) is 17.9 Å². The Bertz CT molecular complexity index is 674. The van der Waals surface area contributed by atoms with E-state index in [9.17, 15) is 14.1 Å². The molecule has 0 radical (unpaired) electrons. The summed E-state index contributed by atoms with van der Waals surface area (Å²) < 4.78 is 11.3. The summed E-state index contributed by atoms with van der Waals surface area (Å²) >= 11 is 0. The second-order valence-corrected chi connectivity index (χ2v) is 6.81. The molecule has 0 aliphatic rings. The average Bonchev–Trinajstić information content (AvgIpc) is 2.60. The number of aliphatic hydroxyl groups is 1. The molecule has 0 bridgehead atoms. The van der Waals surface area contributed by atoms with Crippen molar-refractivity contribution in [3.63, 3.8) is 0 Å². The van der Waals surface area contributed by atoms with E-state index in [4.69, 9.17) is 0 Å². The zero-order chi connectivity index (χ0) is 17.4. The molecule has 0 aliphatic heterocycles. The molecule has 2 atom stereocenters. The third-order valence-electron chi connectivity index (χ3n) is 3.70. The molecule has 0 aliphatic carbocycles. The van der Waals surface area contributed by atoms with Gasteiger partial charge < -0.3 is 15.7 Å². The Hall–Kier alpha value is -2.18. The summed E-state index contributed by atoms with van der Waals surface area (Å²) in [5, 5.41) is 14.8. The molecule has 2 rings (SSSR count). The monoisotopic (exact) mass is 346 g/mol. The van der Waals surface area contributed by atoms with E-state index >= 15 is 0 Å². The minimum atomic E-state index is -1.04. The lowest BCUT2D eigenvalue weighted by atomic mass is 9.96. The summed E-state index contributed by atoms with van der Waals surface area (Å²) in [4.78, 5) is 12.7. The molecule has 6 heteroatoms. The molecule has 0 aromatic heterocycles. The SMILES string of the molecule is CS(=O)c1ccc(NC(=O)NCC(CCO)c2ccccc2)cc1. The Morgan fingerprint density at radius 1 is 1.12 bits per heavy atom. The largest absolute Gasteiger partial charge is 0.396 e. The van der Waals surface area contributed by atoms with E-state index in [1.54, 1.807) is 30.5 Å².